The Kier molecular flexibility index (Phi) is 11.4. The smallest absolute Gasteiger partial charge is 0.411 e. The Morgan fingerprint density at radius 1 is 1.27 bits per heavy atom. The van der Waals surface area contributed by atoms with Crippen molar-refractivity contribution in [2.75, 3.05) is 0 Å². The normalized spacial score (nSPS) is 6.55. The molecule has 2 nitrogen and oxygen atoms in total. The summed E-state index contributed by atoms with van der Waals surface area (Å²) >= 11 is 0. The second-order valence-corrected chi connectivity index (χ2v) is 1.63. The maximum Gasteiger partial charge on any atom is 1.00 e. The van der Waals surface area contributed by atoms with Gasteiger partial charge in [0, 0.05) is 6.72 Å². The van der Waals surface area contributed by atoms with Crippen LogP contribution in [0.1, 0.15) is 5.56 Å². The SMILES string of the molecule is C=NO.[CH2-]c1ccccc1.[Na+]. The van der Waals surface area contributed by atoms with Gasteiger partial charge in [-0.1, -0.05) is 6.07 Å². The van der Waals surface area contributed by atoms with Crippen LogP contribution >= 0.6 is 0 Å². The van der Waals surface area contributed by atoms with E-state index in [1.807, 2.05) is 30.3 Å². The summed E-state index contributed by atoms with van der Waals surface area (Å²) in [5.41, 5.74) is 1.07. The van der Waals surface area contributed by atoms with Crippen LogP contribution in [0, 0.1) is 6.92 Å². The summed E-state index contributed by atoms with van der Waals surface area (Å²) in [7, 11) is 0. The molecule has 0 aliphatic carbocycles. The molecular formula is C8H10NNaO. The van der Waals surface area contributed by atoms with Crippen molar-refractivity contribution in [3.63, 3.8) is 0 Å². The average Bonchev–Trinajstić information content (AvgIpc) is 1.91. The maximum atomic E-state index is 7.08. The van der Waals surface area contributed by atoms with E-state index in [1.54, 1.807) is 0 Å². The van der Waals surface area contributed by atoms with Gasteiger partial charge in [-0.2, -0.15) is 24.6 Å². The van der Waals surface area contributed by atoms with Crippen molar-refractivity contribution in [2.24, 2.45) is 5.16 Å². The summed E-state index contributed by atoms with van der Waals surface area (Å²) in [6, 6.07) is 9.87. The molecule has 0 radical (unpaired) electrons. The molecule has 0 amide bonds. The Morgan fingerprint density at radius 2 is 1.64 bits per heavy atom. The fourth-order valence-electron chi connectivity index (χ4n) is 0.478. The van der Waals surface area contributed by atoms with Crippen molar-refractivity contribution in [3.8, 4) is 0 Å². The van der Waals surface area contributed by atoms with Gasteiger partial charge < -0.3 is 5.21 Å². The van der Waals surface area contributed by atoms with E-state index < -0.39 is 0 Å². The summed E-state index contributed by atoms with van der Waals surface area (Å²) in [5, 5.41) is 9.33. The van der Waals surface area contributed by atoms with Gasteiger partial charge in [0.1, 0.15) is 0 Å². The van der Waals surface area contributed by atoms with Gasteiger partial charge in [-0.05, 0) is 0 Å². The van der Waals surface area contributed by atoms with E-state index in [0.29, 0.717) is 0 Å². The molecule has 0 aliphatic heterocycles. The predicted octanol–water partition coefficient (Wildman–Crippen LogP) is -1.05. The Labute approximate surface area is 89.2 Å². The summed E-state index contributed by atoms with van der Waals surface area (Å²) in [6.45, 7) is 6.39. The van der Waals surface area contributed by atoms with E-state index in [0.717, 1.165) is 5.56 Å². The first-order valence-corrected chi connectivity index (χ1v) is 2.78. The molecule has 0 unspecified atom stereocenters. The van der Waals surface area contributed by atoms with E-state index in [2.05, 4.69) is 18.8 Å². The third kappa shape index (κ3) is 9.56. The van der Waals surface area contributed by atoms with Gasteiger partial charge in [-0.25, -0.2) is 0 Å². The van der Waals surface area contributed by atoms with Crippen LogP contribution < -0.4 is 29.6 Å². The molecule has 1 aromatic carbocycles. The second kappa shape index (κ2) is 9.56. The van der Waals surface area contributed by atoms with Gasteiger partial charge in [0.2, 0.25) is 0 Å². The van der Waals surface area contributed by atoms with Crippen molar-refractivity contribution in [1.29, 1.82) is 0 Å². The van der Waals surface area contributed by atoms with E-state index in [1.165, 1.54) is 0 Å². The van der Waals surface area contributed by atoms with Crippen LogP contribution in [-0.2, 0) is 0 Å². The van der Waals surface area contributed by atoms with Crippen molar-refractivity contribution < 1.29 is 34.8 Å². The molecule has 0 saturated carbocycles. The Morgan fingerprint density at radius 3 is 1.82 bits per heavy atom. The molecule has 0 saturated heterocycles. The third-order valence-corrected chi connectivity index (χ3v) is 0.843. The molecule has 1 N–H and O–H groups in total. The van der Waals surface area contributed by atoms with E-state index >= 15 is 0 Å². The predicted molar refractivity (Wildman–Crippen MR) is 42.2 cm³/mol. The van der Waals surface area contributed by atoms with Crippen LogP contribution in [0.5, 0.6) is 0 Å². The Bertz CT molecular complexity index is 177. The summed E-state index contributed by atoms with van der Waals surface area (Å²) in [6.07, 6.45) is 0. The molecule has 0 heterocycles. The molecule has 0 bridgehead atoms. The van der Waals surface area contributed by atoms with Gasteiger partial charge in [0.25, 0.3) is 0 Å². The maximum absolute atomic E-state index is 7.08. The van der Waals surface area contributed by atoms with Crippen LogP contribution in [0.15, 0.2) is 35.5 Å². The van der Waals surface area contributed by atoms with Crippen LogP contribution in [0.4, 0.5) is 0 Å². The standard InChI is InChI=1S/C7H7.CH3NO.Na/c1-7-5-3-2-4-6-7;1-2-3;/h2-6H,1H2;3H,1H2;/q-1;;+1. The van der Waals surface area contributed by atoms with Crippen LogP contribution in [-0.4, -0.2) is 11.9 Å². The molecule has 1 rings (SSSR count). The zero-order valence-electron chi connectivity index (χ0n) is 6.70. The van der Waals surface area contributed by atoms with Gasteiger partial charge in [0.05, 0.1) is 0 Å². The zero-order chi connectivity index (χ0) is 7.82. The monoisotopic (exact) mass is 159 g/mol. The number of rotatable bonds is 0. The summed E-state index contributed by atoms with van der Waals surface area (Å²) < 4.78 is 0. The van der Waals surface area contributed by atoms with Crippen molar-refractivity contribution in [2.45, 2.75) is 0 Å². The first-order valence-electron chi connectivity index (χ1n) is 2.78. The molecule has 0 spiro atoms. The Balaban J connectivity index is 0. The second-order valence-electron chi connectivity index (χ2n) is 1.63. The molecule has 0 aliphatic rings. The molecule has 0 fully saturated rings. The number of oxime groups is 1. The quantitative estimate of drug-likeness (QED) is 0.169. The van der Waals surface area contributed by atoms with Gasteiger partial charge in [0.15, 0.2) is 0 Å². The van der Waals surface area contributed by atoms with Crippen LogP contribution in [0.25, 0.3) is 0 Å². The molecule has 0 aromatic heterocycles. The number of benzene rings is 1. The van der Waals surface area contributed by atoms with E-state index in [9.17, 15) is 0 Å². The third-order valence-electron chi connectivity index (χ3n) is 0.843. The minimum atomic E-state index is 0. The average molecular weight is 159 g/mol. The van der Waals surface area contributed by atoms with Crippen LogP contribution in [0.2, 0.25) is 0 Å². The summed E-state index contributed by atoms with van der Waals surface area (Å²) in [4.78, 5) is 0. The molecular weight excluding hydrogens is 149 g/mol. The molecule has 11 heavy (non-hydrogen) atoms. The van der Waals surface area contributed by atoms with Gasteiger partial charge in [-0.15, -0.1) is 17.3 Å². The molecule has 3 heteroatoms. The van der Waals surface area contributed by atoms with Crippen molar-refractivity contribution >= 4 is 6.72 Å². The Hall–Kier alpha value is -0.440. The van der Waals surface area contributed by atoms with Gasteiger partial charge >= 0.3 is 29.6 Å². The summed E-state index contributed by atoms with van der Waals surface area (Å²) in [5.74, 6) is 0. The van der Waals surface area contributed by atoms with Crippen LogP contribution in [0.3, 0.4) is 0 Å². The first-order chi connectivity index (χ1) is 4.81. The zero-order valence-corrected chi connectivity index (χ0v) is 8.70. The molecule has 0 atom stereocenters. The fourth-order valence-corrected chi connectivity index (χ4v) is 0.478. The minimum absolute atomic E-state index is 0. The van der Waals surface area contributed by atoms with E-state index in [-0.39, 0.29) is 29.6 Å². The van der Waals surface area contributed by atoms with E-state index in [4.69, 9.17) is 5.21 Å². The number of hydrogen-bond acceptors (Lipinski definition) is 2. The number of nitrogens with zero attached hydrogens (tertiary/aromatic N) is 1. The topological polar surface area (TPSA) is 32.6 Å². The molecule has 54 valence electrons. The van der Waals surface area contributed by atoms with Crippen molar-refractivity contribution in [1.82, 2.24) is 0 Å². The number of hydrogen-bond donors (Lipinski definition) is 1. The fraction of sp³-hybridized carbons (Fsp3) is 0. The largest absolute Gasteiger partial charge is 1.00 e. The van der Waals surface area contributed by atoms with Gasteiger partial charge in [-0.3, -0.25) is 0 Å². The van der Waals surface area contributed by atoms with Crippen molar-refractivity contribution in [3.05, 3.63) is 42.8 Å². The minimum Gasteiger partial charge on any atom is -0.411 e. The molecule has 1 aromatic rings. The first kappa shape index (κ1) is 13.2.